The smallest absolute Gasteiger partial charge is 0.267 e. The van der Waals surface area contributed by atoms with E-state index in [2.05, 4.69) is 10.4 Å². The van der Waals surface area contributed by atoms with Crippen molar-refractivity contribution in [3.63, 3.8) is 0 Å². The Morgan fingerprint density at radius 1 is 1.22 bits per heavy atom. The van der Waals surface area contributed by atoms with Gasteiger partial charge >= 0.3 is 0 Å². The second kappa shape index (κ2) is 6.72. The summed E-state index contributed by atoms with van der Waals surface area (Å²) in [4.78, 5) is 28.9. The number of thiocarbonyl (C=S) groups is 1. The molecule has 3 rings (SSSR count). The number of amides is 2. The number of aromatic nitrogens is 1. The Hall–Kier alpha value is -2.51. The molecule has 1 aromatic heterocycles. The molecule has 0 saturated carbocycles. The Bertz CT molecular complexity index is 791. The topological polar surface area (TPSA) is 62.3 Å². The number of nitrogens with zero attached hydrogens (tertiary/aromatic N) is 2. The van der Waals surface area contributed by atoms with Crippen LogP contribution in [0.4, 0.5) is 0 Å². The first-order valence-corrected chi connectivity index (χ1v) is 7.91. The van der Waals surface area contributed by atoms with E-state index in [9.17, 15) is 9.59 Å². The molecular formula is C16H11N3O2S2. The van der Waals surface area contributed by atoms with Crippen molar-refractivity contribution in [2.45, 2.75) is 0 Å². The fourth-order valence-corrected chi connectivity index (χ4v) is 3.11. The van der Waals surface area contributed by atoms with Crippen LogP contribution in [0, 0.1) is 0 Å². The maximum Gasteiger partial charge on any atom is 0.285 e. The van der Waals surface area contributed by atoms with E-state index in [-0.39, 0.29) is 10.2 Å². The number of nitrogens with one attached hydrogen (secondary N) is 1. The molecule has 1 N–H and O–H groups in total. The van der Waals surface area contributed by atoms with Gasteiger partial charge in [0.2, 0.25) is 0 Å². The van der Waals surface area contributed by atoms with E-state index in [1.807, 2.05) is 30.3 Å². The van der Waals surface area contributed by atoms with Crippen LogP contribution in [0.3, 0.4) is 0 Å². The molecule has 114 valence electrons. The number of rotatable bonds is 3. The van der Waals surface area contributed by atoms with Crippen molar-refractivity contribution < 1.29 is 9.59 Å². The Morgan fingerprint density at radius 2 is 2.00 bits per heavy atom. The van der Waals surface area contributed by atoms with Crippen molar-refractivity contribution in [1.82, 2.24) is 15.4 Å². The highest BCUT2D eigenvalue weighted by molar-refractivity contribution is 8.26. The number of hydrogen-bond donors (Lipinski definition) is 1. The van der Waals surface area contributed by atoms with Crippen molar-refractivity contribution in [2.24, 2.45) is 0 Å². The van der Waals surface area contributed by atoms with Crippen LogP contribution >= 0.6 is 24.0 Å². The number of pyridine rings is 1. The average molecular weight is 341 g/mol. The van der Waals surface area contributed by atoms with Gasteiger partial charge in [0, 0.05) is 12.4 Å². The molecule has 0 spiro atoms. The summed E-state index contributed by atoms with van der Waals surface area (Å²) in [6.07, 6.45) is 4.74. The molecule has 2 heterocycles. The van der Waals surface area contributed by atoms with Crippen LogP contribution in [-0.4, -0.2) is 26.1 Å². The first-order valence-electron chi connectivity index (χ1n) is 6.69. The first-order chi connectivity index (χ1) is 11.1. The van der Waals surface area contributed by atoms with E-state index in [0.29, 0.717) is 10.5 Å². The van der Waals surface area contributed by atoms with Gasteiger partial charge in [-0.25, -0.2) is 0 Å². The zero-order valence-corrected chi connectivity index (χ0v) is 13.4. The first kappa shape index (κ1) is 15.4. The molecule has 23 heavy (non-hydrogen) atoms. The van der Waals surface area contributed by atoms with Crippen molar-refractivity contribution in [3.05, 3.63) is 70.9 Å². The summed E-state index contributed by atoms with van der Waals surface area (Å²) in [5.74, 6) is -0.781. The average Bonchev–Trinajstić information content (AvgIpc) is 2.84. The third kappa shape index (κ3) is 3.46. The third-order valence-corrected chi connectivity index (χ3v) is 4.33. The van der Waals surface area contributed by atoms with E-state index >= 15 is 0 Å². The normalized spacial score (nSPS) is 16.0. The van der Waals surface area contributed by atoms with Gasteiger partial charge in [0.25, 0.3) is 11.8 Å². The highest BCUT2D eigenvalue weighted by Gasteiger charge is 2.33. The minimum atomic E-state index is -0.435. The van der Waals surface area contributed by atoms with Crippen molar-refractivity contribution in [3.8, 4) is 0 Å². The van der Waals surface area contributed by atoms with Gasteiger partial charge in [-0.15, -0.1) is 0 Å². The summed E-state index contributed by atoms with van der Waals surface area (Å²) in [5.41, 5.74) is 3.76. The molecule has 2 aromatic rings. The van der Waals surface area contributed by atoms with Gasteiger partial charge in [-0.05, 0) is 36.0 Å². The molecule has 0 atom stereocenters. The van der Waals surface area contributed by atoms with Gasteiger partial charge in [0.1, 0.15) is 0 Å². The highest BCUT2D eigenvalue weighted by atomic mass is 32.2. The molecular weight excluding hydrogens is 330 g/mol. The molecule has 0 unspecified atom stereocenters. The molecule has 0 aliphatic carbocycles. The minimum absolute atomic E-state index is 0.287. The molecule has 5 nitrogen and oxygen atoms in total. The number of thioether (sulfide) groups is 1. The fourth-order valence-electron chi connectivity index (χ4n) is 1.93. The van der Waals surface area contributed by atoms with Gasteiger partial charge in [0.05, 0.1) is 10.5 Å². The van der Waals surface area contributed by atoms with Gasteiger partial charge in [-0.3, -0.25) is 20.0 Å². The summed E-state index contributed by atoms with van der Waals surface area (Å²) in [6, 6.07) is 12.7. The standard InChI is InChI=1S/C16H11N3O2S2/c20-14(12-7-4-8-17-10-12)18-19-15(21)13(23-16(19)22)9-11-5-2-1-3-6-11/h1-10H,(H,18,20)/b13-9+. The van der Waals surface area contributed by atoms with Crippen molar-refractivity contribution in [1.29, 1.82) is 0 Å². The fraction of sp³-hybridized carbons (Fsp3) is 0. The van der Waals surface area contributed by atoms with Crippen molar-refractivity contribution >= 4 is 46.2 Å². The third-order valence-electron chi connectivity index (χ3n) is 3.03. The lowest BCUT2D eigenvalue weighted by Gasteiger charge is -2.15. The van der Waals surface area contributed by atoms with Crippen LogP contribution in [0.5, 0.6) is 0 Å². The number of hydrazine groups is 1. The van der Waals surface area contributed by atoms with Gasteiger partial charge in [-0.1, -0.05) is 42.1 Å². The van der Waals surface area contributed by atoms with Crippen LogP contribution < -0.4 is 5.43 Å². The minimum Gasteiger partial charge on any atom is -0.267 e. The zero-order valence-electron chi connectivity index (χ0n) is 11.8. The van der Waals surface area contributed by atoms with Crippen LogP contribution in [0.2, 0.25) is 0 Å². The zero-order chi connectivity index (χ0) is 16.2. The number of hydrogen-bond acceptors (Lipinski definition) is 5. The quantitative estimate of drug-likeness (QED) is 0.687. The summed E-state index contributed by atoms with van der Waals surface area (Å²) >= 11 is 6.33. The molecule has 1 fully saturated rings. The monoisotopic (exact) mass is 341 g/mol. The summed E-state index contributed by atoms with van der Waals surface area (Å²) < 4.78 is 0.287. The van der Waals surface area contributed by atoms with E-state index in [1.54, 1.807) is 24.4 Å². The summed E-state index contributed by atoms with van der Waals surface area (Å²) in [5, 5.41) is 1.09. The van der Waals surface area contributed by atoms with Crippen LogP contribution in [-0.2, 0) is 4.79 Å². The molecule has 1 aromatic carbocycles. The highest BCUT2D eigenvalue weighted by Crippen LogP contribution is 2.31. The Labute approximate surface area is 142 Å². The maximum absolute atomic E-state index is 12.4. The van der Waals surface area contributed by atoms with E-state index in [4.69, 9.17) is 12.2 Å². The SMILES string of the molecule is O=C(NN1C(=O)/C(=C\c2ccccc2)SC1=S)c1cccnc1. The van der Waals surface area contributed by atoms with Gasteiger partial charge in [0.15, 0.2) is 4.32 Å². The molecule has 1 aliphatic heterocycles. The number of benzene rings is 1. The molecule has 0 radical (unpaired) electrons. The summed E-state index contributed by atoms with van der Waals surface area (Å²) in [6.45, 7) is 0. The lowest BCUT2D eigenvalue weighted by atomic mass is 10.2. The molecule has 0 bridgehead atoms. The van der Waals surface area contributed by atoms with Crippen LogP contribution in [0.25, 0.3) is 6.08 Å². The lowest BCUT2D eigenvalue weighted by Crippen LogP contribution is -2.44. The maximum atomic E-state index is 12.4. The van der Waals surface area contributed by atoms with E-state index < -0.39 is 5.91 Å². The Kier molecular flexibility index (Phi) is 4.50. The Morgan fingerprint density at radius 3 is 2.70 bits per heavy atom. The second-order valence-electron chi connectivity index (χ2n) is 4.61. The van der Waals surface area contributed by atoms with E-state index in [1.165, 1.54) is 6.20 Å². The van der Waals surface area contributed by atoms with Crippen LogP contribution in [0.1, 0.15) is 15.9 Å². The van der Waals surface area contributed by atoms with Gasteiger partial charge < -0.3 is 0 Å². The molecule has 1 aliphatic rings. The largest absolute Gasteiger partial charge is 0.285 e. The molecule has 2 amide bonds. The lowest BCUT2D eigenvalue weighted by molar-refractivity contribution is -0.123. The predicted octanol–water partition coefficient (Wildman–Crippen LogP) is 2.63. The molecule has 7 heteroatoms. The number of carbonyl (C=O) groups is 2. The van der Waals surface area contributed by atoms with Crippen LogP contribution in [0.15, 0.2) is 59.8 Å². The number of carbonyl (C=O) groups excluding carboxylic acids is 2. The second-order valence-corrected chi connectivity index (χ2v) is 6.29. The van der Waals surface area contributed by atoms with E-state index in [0.717, 1.165) is 22.3 Å². The van der Waals surface area contributed by atoms with Gasteiger partial charge in [-0.2, -0.15) is 5.01 Å². The van der Waals surface area contributed by atoms with Crippen molar-refractivity contribution in [2.75, 3.05) is 0 Å². The predicted molar refractivity (Wildman–Crippen MR) is 93.2 cm³/mol. The molecule has 1 saturated heterocycles. The summed E-state index contributed by atoms with van der Waals surface area (Å²) in [7, 11) is 0. The Balaban J connectivity index is 1.77.